The van der Waals surface area contributed by atoms with E-state index in [0.29, 0.717) is 0 Å². The van der Waals surface area contributed by atoms with Crippen molar-refractivity contribution >= 4 is 23.6 Å². The first-order valence-corrected chi connectivity index (χ1v) is 10.9. The Balaban J connectivity index is 1.90. The lowest BCUT2D eigenvalue weighted by atomic mass is 9.81. The molecule has 33 heavy (non-hydrogen) atoms. The molecule has 7 nitrogen and oxygen atoms in total. The third-order valence-corrected chi connectivity index (χ3v) is 5.84. The number of amides is 1. The van der Waals surface area contributed by atoms with Crippen LogP contribution in [0.25, 0.3) is 5.57 Å². The average Bonchev–Trinajstić information content (AvgIpc) is 3.22. The van der Waals surface area contributed by atoms with Gasteiger partial charge in [0.05, 0.1) is 20.1 Å². The van der Waals surface area contributed by atoms with E-state index in [9.17, 15) is 14.4 Å². The molecule has 174 valence electrons. The number of nitrogens with zero attached hydrogens (tertiary/aromatic N) is 1. The molecule has 0 aromatic heterocycles. The van der Waals surface area contributed by atoms with Crippen LogP contribution in [0.2, 0.25) is 0 Å². The van der Waals surface area contributed by atoms with Gasteiger partial charge in [-0.1, -0.05) is 67.2 Å². The Morgan fingerprint density at radius 1 is 1.00 bits per heavy atom. The summed E-state index contributed by atoms with van der Waals surface area (Å²) in [5.41, 5.74) is 2.44. The molecule has 1 aliphatic rings. The largest absolute Gasteiger partial charge is 0.469 e. The molecule has 3 atom stereocenters. The third kappa shape index (κ3) is 5.80. The molecule has 0 saturated carbocycles. The molecule has 0 bridgehead atoms. The van der Waals surface area contributed by atoms with Crippen LogP contribution in [0, 0.1) is 11.8 Å². The van der Waals surface area contributed by atoms with Crippen LogP contribution in [0.4, 0.5) is 4.79 Å². The Kier molecular flexibility index (Phi) is 8.24. The zero-order valence-electron chi connectivity index (χ0n) is 18.9. The molecule has 1 fully saturated rings. The van der Waals surface area contributed by atoms with Crippen LogP contribution < -0.4 is 0 Å². The molecule has 3 rings (SSSR count). The van der Waals surface area contributed by atoms with Crippen molar-refractivity contribution < 1.29 is 28.6 Å². The Morgan fingerprint density at radius 3 is 2.24 bits per heavy atom. The average molecular weight is 452 g/mol. The SMILES string of the molecule is C=C(c1ccccc1)[C@@H]1CN(C(=O)OCc2ccccc2)[C@H](C(=O)OCC)[C@H]1CC(=O)OC. The van der Waals surface area contributed by atoms with Gasteiger partial charge in [0.1, 0.15) is 12.6 Å². The van der Waals surface area contributed by atoms with Crippen LogP contribution in [-0.2, 0) is 30.4 Å². The van der Waals surface area contributed by atoms with Crippen LogP contribution in [0.5, 0.6) is 0 Å². The lowest BCUT2D eigenvalue weighted by molar-refractivity contribution is -0.150. The Labute approximate surface area is 193 Å². The number of hydrogen-bond acceptors (Lipinski definition) is 6. The summed E-state index contributed by atoms with van der Waals surface area (Å²) in [4.78, 5) is 39.7. The molecular weight excluding hydrogens is 422 g/mol. The highest BCUT2D eigenvalue weighted by molar-refractivity contribution is 5.85. The van der Waals surface area contributed by atoms with Crippen molar-refractivity contribution in [3.8, 4) is 0 Å². The number of likely N-dealkylation sites (tertiary alicyclic amines) is 1. The molecule has 1 saturated heterocycles. The standard InChI is InChI=1S/C26H29NO6/c1-4-32-25(29)24-21(15-23(28)31-3)22(18(2)20-13-9-6-10-14-20)16-27(24)26(30)33-17-19-11-7-5-8-12-19/h5-14,21-22,24H,2,4,15-17H2,1,3H3/t21-,22-,24-/m0/s1. The van der Waals surface area contributed by atoms with E-state index in [1.807, 2.05) is 60.7 Å². The summed E-state index contributed by atoms with van der Waals surface area (Å²) in [6.07, 6.45) is -0.700. The number of hydrogen-bond donors (Lipinski definition) is 0. The van der Waals surface area contributed by atoms with Gasteiger partial charge in [-0.2, -0.15) is 0 Å². The number of methoxy groups -OCH3 is 1. The van der Waals surface area contributed by atoms with Gasteiger partial charge in [0.15, 0.2) is 0 Å². The van der Waals surface area contributed by atoms with Crippen molar-refractivity contribution in [2.45, 2.75) is 26.0 Å². The number of carbonyl (C=O) groups is 3. The highest BCUT2D eigenvalue weighted by atomic mass is 16.6. The van der Waals surface area contributed by atoms with Gasteiger partial charge >= 0.3 is 18.0 Å². The van der Waals surface area contributed by atoms with Crippen LogP contribution in [0.3, 0.4) is 0 Å². The van der Waals surface area contributed by atoms with Crippen molar-refractivity contribution in [1.82, 2.24) is 4.90 Å². The van der Waals surface area contributed by atoms with Gasteiger partial charge in [-0.15, -0.1) is 0 Å². The number of benzene rings is 2. The van der Waals surface area contributed by atoms with Gasteiger partial charge in [0.2, 0.25) is 0 Å². The van der Waals surface area contributed by atoms with E-state index in [1.54, 1.807) is 6.92 Å². The summed E-state index contributed by atoms with van der Waals surface area (Å²) in [7, 11) is 1.30. The predicted molar refractivity (Wildman–Crippen MR) is 123 cm³/mol. The first kappa shape index (κ1) is 24.0. The van der Waals surface area contributed by atoms with Gasteiger partial charge in [-0.3, -0.25) is 9.69 Å². The topological polar surface area (TPSA) is 82.1 Å². The fourth-order valence-corrected chi connectivity index (χ4v) is 4.20. The minimum atomic E-state index is -0.988. The lowest BCUT2D eigenvalue weighted by Gasteiger charge is -2.26. The second-order valence-corrected chi connectivity index (χ2v) is 7.83. The molecule has 0 unspecified atom stereocenters. The van der Waals surface area contributed by atoms with Crippen molar-refractivity contribution in [3.05, 3.63) is 78.4 Å². The maximum atomic E-state index is 13.1. The summed E-state index contributed by atoms with van der Waals surface area (Å²) in [6, 6.07) is 17.8. The Bertz CT molecular complexity index is 975. The van der Waals surface area contributed by atoms with E-state index in [-0.39, 0.29) is 32.1 Å². The fourth-order valence-electron chi connectivity index (χ4n) is 4.20. The molecule has 1 amide bonds. The monoisotopic (exact) mass is 451 g/mol. The zero-order chi connectivity index (χ0) is 23.8. The number of ether oxygens (including phenoxy) is 3. The lowest BCUT2D eigenvalue weighted by Crippen LogP contribution is -2.45. The molecule has 0 radical (unpaired) electrons. The third-order valence-electron chi connectivity index (χ3n) is 5.84. The molecule has 7 heteroatoms. The van der Waals surface area contributed by atoms with Gasteiger partial charge in [0, 0.05) is 18.4 Å². The summed E-state index contributed by atoms with van der Waals surface area (Å²) < 4.78 is 15.7. The predicted octanol–water partition coefficient (Wildman–Crippen LogP) is 4.08. The quantitative estimate of drug-likeness (QED) is 0.444. The second kappa shape index (κ2) is 11.3. The molecule has 0 aliphatic carbocycles. The summed E-state index contributed by atoms with van der Waals surface area (Å²) >= 11 is 0. The van der Waals surface area contributed by atoms with Crippen LogP contribution in [0.15, 0.2) is 67.2 Å². The maximum absolute atomic E-state index is 13.1. The molecule has 2 aromatic carbocycles. The minimum Gasteiger partial charge on any atom is -0.469 e. The number of rotatable bonds is 8. The van der Waals surface area contributed by atoms with Crippen molar-refractivity contribution in [2.75, 3.05) is 20.3 Å². The molecule has 1 aliphatic heterocycles. The fraction of sp³-hybridized carbons (Fsp3) is 0.346. The van der Waals surface area contributed by atoms with Crippen LogP contribution >= 0.6 is 0 Å². The first-order valence-electron chi connectivity index (χ1n) is 10.9. The van der Waals surface area contributed by atoms with Crippen molar-refractivity contribution in [3.63, 3.8) is 0 Å². The second-order valence-electron chi connectivity index (χ2n) is 7.83. The van der Waals surface area contributed by atoms with E-state index >= 15 is 0 Å². The smallest absolute Gasteiger partial charge is 0.410 e. The van der Waals surface area contributed by atoms with Gasteiger partial charge in [-0.05, 0) is 23.6 Å². The van der Waals surface area contributed by atoms with Gasteiger partial charge < -0.3 is 14.2 Å². The molecule has 2 aromatic rings. The van der Waals surface area contributed by atoms with Crippen LogP contribution in [0.1, 0.15) is 24.5 Å². The van der Waals surface area contributed by atoms with Gasteiger partial charge in [-0.25, -0.2) is 9.59 Å². The summed E-state index contributed by atoms with van der Waals surface area (Å²) in [5, 5.41) is 0. The molecule has 1 heterocycles. The van der Waals surface area contributed by atoms with E-state index in [1.165, 1.54) is 12.0 Å². The highest BCUT2D eigenvalue weighted by Gasteiger charge is 2.51. The van der Waals surface area contributed by atoms with Crippen molar-refractivity contribution in [1.29, 1.82) is 0 Å². The highest BCUT2D eigenvalue weighted by Crippen LogP contribution is 2.41. The Morgan fingerprint density at radius 2 is 1.64 bits per heavy atom. The zero-order valence-corrected chi connectivity index (χ0v) is 18.9. The number of esters is 2. The molecule has 0 N–H and O–H groups in total. The normalized spacial score (nSPS) is 19.6. The summed E-state index contributed by atoms with van der Waals surface area (Å²) in [6.45, 7) is 6.32. The van der Waals surface area contributed by atoms with E-state index in [4.69, 9.17) is 14.2 Å². The van der Waals surface area contributed by atoms with E-state index in [2.05, 4.69) is 6.58 Å². The van der Waals surface area contributed by atoms with Gasteiger partial charge in [0.25, 0.3) is 0 Å². The van der Waals surface area contributed by atoms with E-state index < -0.39 is 30.0 Å². The molecular formula is C26H29NO6. The van der Waals surface area contributed by atoms with Crippen LogP contribution in [-0.4, -0.2) is 49.2 Å². The molecule has 0 spiro atoms. The Hall–Kier alpha value is -3.61. The van der Waals surface area contributed by atoms with Crippen molar-refractivity contribution in [2.24, 2.45) is 11.8 Å². The maximum Gasteiger partial charge on any atom is 0.410 e. The number of carbonyl (C=O) groups excluding carboxylic acids is 3. The minimum absolute atomic E-state index is 0.0566. The first-order chi connectivity index (χ1) is 16.0. The van der Waals surface area contributed by atoms with E-state index in [0.717, 1.165) is 16.7 Å². The summed E-state index contributed by atoms with van der Waals surface area (Å²) in [5.74, 6) is -1.97.